The topological polar surface area (TPSA) is 12.0 Å². The fourth-order valence-corrected chi connectivity index (χ4v) is 1.99. The van der Waals surface area contributed by atoms with Gasteiger partial charge >= 0.3 is 0 Å². The second kappa shape index (κ2) is 4.86. The number of nitrogens with one attached hydrogen (secondary N) is 1. The largest absolute Gasteiger partial charge is 0.309 e. The lowest BCUT2D eigenvalue weighted by Crippen LogP contribution is -2.53. The first-order valence-electron chi connectivity index (χ1n) is 6.23. The predicted octanol–water partition coefficient (Wildman–Crippen LogP) is 4.08. The lowest BCUT2D eigenvalue weighted by atomic mass is 9.74. The zero-order valence-electron chi connectivity index (χ0n) is 12.2. The van der Waals surface area contributed by atoms with Gasteiger partial charge in [-0.05, 0) is 38.0 Å². The smallest absolute Gasteiger partial charge is 0.0148 e. The van der Waals surface area contributed by atoms with Gasteiger partial charge in [0.05, 0.1) is 0 Å². The van der Waals surface area contributed by atoms with Crippen LogP contribution in [-0.2, 0) is 0 Å². The summed E-state index contributed by atoms with van der Waals surface area (Å²) in [5.41, 5.74) is 0.512. The zero-order valence-corrected chi connectivity index (χ0v) is 12.2. The van der Waals surface area contributed by atoms with Crippen molar-refractivity contribution in [1.29, 1.82) is 0 Å². The van der Waals surface area contributed by atoms with E-state index in [1.165, 1.54) is 0 Å². The van der Waals surface area contributed by atoms with Crippen molar-refractivity contribution < 1.29 is 0 Å². The Bertz CT molecular complexity index is 180. The Kier molecular flexibility index (Phi) is 4.85. The van der Waals surface area contributed by atoms with Gasteiger partial charge in [0.25, 0.3) is 0 Å². The first kappa shape index (κ1) is 15.0. The highest BCUT2D eigenvalue weighted by Crippen LogP contribution is 2.30. The van der Waals surface area contributed by atoms with Crippen LogP contribution in [0.1, 0.15) is 62.3 Å². The van der Waals surface area contributed by atoms with Gasteiger partial charge in [0.15, 0.2) is 0 Å². The fourth-order valence-electron chi connectivity index (χ4n) is 1.99. The van der Waals surface area contributed by atoms with Crippen LogP contribution in [0.2, 0.25) is 0 Å². The molecule has 0 saturated carbocycles. The summed E-state index contributed by atoms with van der Waals surface area (Å²) in [6.07, 6.45) is 0. The standard InChI is InChI=1S/C14H31N/c1-10(2)11(3)12(13(4,5)6)15-14(7,8)9/h10-12,15H,1-9H3. The van der Waals surface area contributed by atoms with E-state index < -0.39 is 0 Å². The second-order valence-electron chi connectivity index (χ2n) is 7.34. The van der Waals surface area contributed by atoms with Gasteiger partial charge in [0.2, 0.25) is 0 Å². The fraction of sp³-hybridized carbons (Fsp3) is 1.00. The predicted molar refractivity (Wildman–Crippen MR) is 70.1 cm³/mol. The Morgan fingerprint density at radius 3 is 1.40 bits per heavy atom. The van der Waals surface area contributed by atoms with Crippen molar-refractivity contribution in [3.05, 3.63) is 0 Å². The Hall–Kier alpha value is -0.0400. The van der Waals surface area contributed by atoms with Gasteiger partial charge in [-0.25, -0.2) is 0 Å². The molecule has 0 rings (SSSR count). The summed E-state index contributed by atoms with van der Waals surface area (Å²) in [4.78, 5) is 0. The van der Waals surface area contributed by atoms with E-state index in [-0.39, 0.29) is 5.54 Å². The molecule has 15 heavy (non-hydrogen) atoms. The van der Waals surface area contributed by atoms with Gasteiger partial charge in [-0.2, -0.15) is 0 Å². The van der Waals surface area contributed by atoms with Crippen molar-refractivity contribution in [1.82, 2.24) is 5.32 Å². The minimum Gasteiger partial charge on any atom is -0.309 e. The minimum atomic E-state index is 0.196. The summed E-state index contributed by atoms with van der Waals surface area (Å²) >= 11 is 0. The van der Waals surface area contributed by atoms with Crippen molar-refractivity contribution in [2.45, 2.75) is 73.9 Å². The van der Waals surface area contributed by atoms with Crippen molar-refractivity contribution in [2.75, 3.05) is 0 Å². The summed E-state index contributed by atoms with van der Waals surface area (Å²) in [6, 6.07) is 0.567. The Morgan fingerprint density at radius 1 is 0.800 bits per heavy atom. The molecule has 1 N–H and O–H groups in total. The average Bonchev–Trinajstić information content (AvgIpc) is 1.94. The van der Waals surface area contributed by atoms with Gasteiger partial charge < -0.3 is 5.32 Å². The highest BCUT2D eigenvalue weighted by Gasteiger charge is 2.33. The van der Waals surface area contributed by atoms with Crippen LogP contribution in [0.25, 0.3) is 0 Å². The average molecular weight is 213 g/mol. The summed E-state index contributed by atoms with van der Waals surface area (Å²) < 4.78 is 0. The first-order chi connectivity index (χ1) is 6.45. The third-order valence-electron chi connectivity index (χ3n) is 3.10. The van der Waals surface area contributed by atoms with E-state index in [4.69, 9.17) is 0 Å². The van der Waals surface area contributed by atoms with E-state index in [0.29, 0.717) is 17.4 Å². The molecule has 2 unspecified atom stereocenters. The van der Waals surface area contributed by atoms with Crippen molar-refractivity contribution >= 4 is 0 Å². The molecule has 0 amide bonds. The monoisotopic (exact) mass is 213 g/mol. The van der Waals surface area contributed by atoms with Gasteiger partial charge in [0, 0.05) is 11.6 Å². The van der Waals surface area contributed by atoms with E-state index in [1.807, 2.05) is 0 Å². The number of hydrogen-bond donors (Lipinski definition) is 1. The van der Waals surface area contributed by atoms with Crippen LogP contribution in [0.3, 0.4) is 0 Å². The van der Waals surface area contributed by atoms with Crippen LogP contribution in [0, 0.1) is 17.3 Å². The Balaban J connectivity index is 4.76. The molecule has 92 valence electrons. The maximum absolute atomic E-state index is 3.78. The molecule has 1 heteroatoms. The van der Waals surface area contributed by atoms with Gasteiger partial charge in [-0.15, -0.1) is 0 Å². The Labute approximate surface area is 97.0 Å². The van der Waals surface area contributed by atoms with E-state index in [0.717, 1.165) is 5.92 Å². The lowest BCUT2D eigenvalue weighted by Gasteiger charge is -2.42. The SMILES string of the molecule is CC(C)C(C)C(NC(C)(C)C)C(C)(C)C. The summed E-state index contributed by atoms with van der Waals surface area (Å²) in [7, 11) is 0. The van der Waals surface area contributed by atoms with Crippen LogP contribution in [0.4, 0.5) is 0 Å². The van der Waals surface area contributed by atoms with E-state index in [1.54, 1.807) is 0 Å². The molecule has 0 aliphatic heterocycles. The highest BCUT2D eigenvalue weighted by molar-refractivity contribution is 4.90. The van der Waals surface area contributed by atoms with Gasteiger partial charge in [-0.3, -0.25) is 0 Å². The van der Waals surface area contributed by atoms with Crippen LogP contribution < -0.4 is 5.32 Å². The third kappa shape index (κ3) is 5.55. The minimum absolute atomic E-state index is 0.196. The normalized spacial score (nSPS) is 18.0. The second-order valence-corrected chi connectivity index (χ2v) is 7.34. The maximum Gasteiger partial charge on any atom is 0.0148 e. The molecule has 0 saturated heterocycles. The third-order valence-corrected chi connectivity index (χ3v) is 3.10. The summed E-state index contributed by atoms with van der Waals surface area (Å²) in [5.74, 6) is 1.42. The van der Waals surface area contributed by atoms with E-state index in [2.05, 4.69) is 67.6 Å². The molecule has 0 spiro atoms. The van der Waals surface area contributed by atoms with Crippen molar-refractivity contribution in [3.8, 4) is 0 Å². The molecular weight excluding hydrogens is 182 g/mol. The molecular formula is C14H31N. The van der Waals surface area contributed by atoms with Gasteiger partial charge in [0.1, 0.15) is 0 Å². The zero-order chi connectivity index (χ0) is 12.4. The number of rotatable bonds is 3. The molecule has 0 heterocycles. The maximum atomic E-state index is 3.78. The summed E-state index contributed by atoms with van der Waals surface area (Å²) in [5, 5.41) is 3.78. The van der Waals surface area contributed by atoms with Crippen molar-refractivity contribution in [2.24, 2.45) is 17.3 Å². The van der Waals surface area contributed by atoms with E-state index in [9.17, 15) is 0 Å². The molecule has 0 aliphatic rings. The molecule has 0 aliphatic carbocycles. The first-order valence-corrected chi connectivity index (χ1v) is 6.23. The quantitative estimate of drug-likeness (QED) is 0.745. The molecule has 0 radical (unpaired) electrons. The van der Waals surface area contributed by atoms with Crippen LogP contribution >= 0.6 is 0 Å². The lowest BCUT2D eigenvalue weighted by molar-refractivity contribution is 0.138. The van der Waals surface area contributed by atoms with Crippen molar-refractivity contribution in [3.63, 3.8) is 0 Å². The van der Waals surface area contributed by atoms with Crippen LogP contribution in [0.15, 0.2) is 0 Å². The molecule has 0 bridgehead atoms. The summed E-state index contributed by atoms with van der Waals surface area (Å²) in [6.45, 7) is 20.7. The van der Waals surface area contributed by atoms with Gasteiger partial charge in [-0.1, -0.05) is 41.5 Å². The Morgan fingerprint density at radius 2 is 1.20 bits per heavy atom. The molecule has 0 aromatic heterocycles. The molecule has 0 aromatic rings. The molecule has 2 atom stereocenters. The van der Waals surface area contributed by atoms with E-state index >= 15 is 0 Å². The molecule has 1 nitrogen and oxygen atoms in total. The van der Waals surface area contributed by atoms with Crippen LogP contribution in [-0.4, -0.2) is 11.6 Å². The highest BCUT2D eigenvalue weighted by atomic mass is 15.0. The molecule has 0 fully saturated rings. The number of hydrogen-bond acceptors (Lipinski definition) is 1. The molecule has 0 aromatic carbocycles. The van der Waals surface area contributed by atoms with Crippen LogP contribution in [0.5, 0.6) is 0 Å².